The zero-order valence-corrected chi connectivity index (χ0v) is 17.3. The molecule has 0 aliphatic carbocycles. The summed E-state index contributed by atoms with van der Waals surface area (Å²) in [6.45, 7) is -0.189. The summed E-state index contributed by atoms with van der Waals surface area (Å²) in [6, 6.07) is 4.90. The molecule has 3 aromatic rings. The van der Waals surface area contributed by atoms with Crippen LogP contribution in [0.4, 0.5) is 5.82 Å². The first kappa shape index (κ1) is 21.8. The number of ether oxygens (including phenoxy) is 2. The highest BCUT2D eigenvalue weighted by atomic mass is 31.2. The lowest BCUT2D eigenvalue weighted by molar-refractivity contribution is 0.192. The van der Waals surface area contributed by atoms with E-state index < -0.39 is 13.3 Å². The molecule has 30 heavy (non-hydrogen) atoms. The predicted octanol–water partition coefficient (Wildman–Crippen LogP) is 0.462. The molecule has 0 saturated heterocycles. The van der Waals surface area contributed by atoms with Crippen molar-refractivity contribution in [3.63, 3.8) is 0 Å². The lowest BCUT2D eigenvalue weighted by Crippen LogP contribution is -2.18. The minimum absolute atomic E-state index is 0.0245. The Morgan fingerprint density at radius 2 is 1.97 bits per heavy atom. The number of imidazole rings is 1. The maximum absolute atomic E-state index is 12.5. The first-order chi connectivity index (χ1) is 14.3. The highest BCUT2D eigenvalue weighted by Crippen LogP contribution is 2.45. The summed E-state index contributed by atoms with van der Waals surface area (Å²) >= 11 is 0. The second-order valence-corrected chi connectivity index (χ2v) is 8.30. The summed E-state index contributed by atoms with van der Waals surface area (Å²) in [4.78, 5) is 33.0. The van der Waals surface area contributed by atoms with Crippen LogP contribution in [0.3, 0.4) is 0 Å². The molecule has 0 aliphatic heterocycles. The molecule has 3 rings (SSSR count). The van der Waals surface area contributed by atoms with Crippen molar-refractivity contribution in [3.8, 4) is 11.8 Å². The van der Waals surface area contributed by atoms with E-state index in [9.17, 15) is 14.3 Å². The number of hydrogen-bond acceptors (Lipinski definition) is 9. The Bertz CT molecular complexity index is 1160. The fourth-order valence-electron chi connectivity index (χ4n) is 2.89. The molecule has 5 N–H and O–H groups in total. The minimum atomic E-state index is -3.79. The van der Waals surface area contributed by atoms with Gasteiger partial charge in [0.2, 0.25) is 0 Å². The second-order valence-electron chi connectivity index (χ2n) is 6.35. The Hall–Kier alpha value is -2.92. The molecule has 0 bridgehead atoms. The predicted molar refractivity (Wildman–Crippen MR) is 108 cm³/mol. The van der Waals surface area contributed by atoms with Gasteiger partial charge in [-0.15, -0.1) is 0 Å². The number of anilines is 1. The Balaban J connectivity index is 2.03. The van der Waals surface area contributed by atoms with Gasteiger partial charge in [0, 0.05) is 7.11 Å². The van der Waals surface area contributed by atoms with Gasteiger partial charge in [-0.1, -0.05) is 6.07 Å². The highest BCUT2D eigenvalue weighted by Gasteiger charge is 2.20. The molecular formula is C17H22N5O7P. The zero-order valence-electron chi connectivity index (χ0n) is 16.4. The number of nitrogens with one attached hydrogen (secondary N) is 1. The van der Waals surface area contributed by atoms with E-state index in [-0.39, 0.29) is 48.9 Å². The van der Waals surface area contributed by atoms with Gasteiger partial charge in [-0.25, -0.2) is 4.79 Å². The average molecular weight is 439 g/mol. The third-order valence-corrected chi connectivity index (χ3v) is 5.56. The van der Waals surface area contributed by atoms with Crippen LogP contribution in [0.2, 0.25) is 0 Å². The summed E-state index contributed by atoms with van der Waals surface area (Å²) in [5.74, 6) is 0.476. The molecule has 12 nitrogen and oxygen atoms in total. The van der Waals surface area contributed by atoms with Gasteiger partial charge in [0.05, 0.1) is 26.4 Å². The van der Waals surface area contributed by atoms with Crippen molar-refractivity contribution in [2.24, 2.45) is 0 Å². The number of nitrogens with two attached hydrogens (primary N) is 1. The summed E-state index contributed by atoms with van der Waals surface area (Å²) in [5, 5.41) is 8.91. The van der Waals surface area contributed by atoms with Crippen molar-refractivity contribution < 1.29 is 28.6 Å². The Morgan fingerprint density at radius 3 is 2.63 bits per heavy atom. The first-order valence-electron chi connectivity index (χ1n) is 8.80. The van der Waals surface area contributed by atoms with Gasteiger partial charge in [0.15, 0.2) is 11.5 Å². The normalized spacial score (nSPS) is 13.3. The standard InChI is InChI=1S/C17H22N5O7P/c1-27-12-6-10(5-11(7-12)9-30(25,26)28-2)8-22-15-13(19-17(22)24)14(18)20-16(21-15)29-4-3-23/h5-7,23H,3-4,8-9H2,1-2H3,(H,19,24)(H,25,26)(H2,18,20,21). The quantitative estimate of drug-likeness (QED) is 0.343. The van der Waals surface area contributed by atoms with Crippen LogP contribution < -0.4 is 20.9 Å². The van der Waals surface area contributed by atoms with E-state index in [4.69, 9.17) is 20.3 Å². The topological polar surface area (TPSA) is 175 Å². The summed E-state index contributed by atoms with van der Waals surface area (Å²) in [5.41, 5.74) is 7.01. The number of nitrogens with zero attached hydrogens (tertiary/aromatic N) is 3. The maximum Gasteiger partial charge on any atom is 0.332 e. The van der Waals surface area contributed by atoms with Gasteiger partial charge in [0.25, 0.3) is 0 Å². The van der Waals surface area contributed by atoms with Crippen molar-refractivity contribution in [2.75, 3.05) is 33.2 Å². The molecule has 1 atom stereocenters. The Labute approximate surface area is 170 Å². The van der Waals surface area contributed by atoms with Crippen LogP contribution >= 0.6 is 7.60 Å². The van der Waals surface area contributed by atoms with E-state index in [2.05, 4.69) is 19.5 Å². The largest absolute Gasteiger partial charge is 0.497 e. The van der Waals surface area contributed by atoms with Crippen LogP contribution in [0, 0.1) is 0 Å². The molecule has 2 heterocycles. The SMILES string of the molecule is COc1cc(Cn2c(=O)[nH]c3c(N)nc(OCCO)nc32)cc(CP(=O)(O)OC)c1. The molecule has 0 spiro atoms. The van der Waals surface area contributed by atoms with Gasteiger partial charge in [-0.2, -0.15) is 9.97 Å². The van der Waals surface area contributed by atoms with Crippen molar-refractivity contribution >= 4 is 24.6 Å². The molecule has 0 aliphatic rings. The molecule has 2 aromatic heterocycles. The summed E-state index contributed by atoms with van der Waals surface area (Å²) in [7, 11) is -1.17. The van der Waals surface area contributed by atoms with Crippen LogP contribution in [-0.2, 0) is 21.8 Å². The van der Waals surface area contributed by atoms with Crippen molar-refractivity contribution in [3.05, 3.63) is 39.8 Å². The van der Waals surface area contributed by atoms with Crippen LogP contribution in [-0.4, -0.2) is 57.0 Å². The molecule has 0 radical (unpaired) electrons. The molecule has 0 saturated carbocycles. The number of methoxy groups -OCH3 is 1. The lowest BCUT2D eigenvalue weighted by atomic mass is 10.1. The third kappa shape index (κ3) is 4.79. The number of aromatic nitrogens is 4. The summed E-state index contributed by atoms with van der Waals surface area (Å²) < 4.78 is 28.4. The van der Waals surface area contributed by atoms with Crippen molar-refractivity contribution in [1.82, 2.24) is 19.5 Å². The van der Waals surface area contributed by atoms with E-state index in [0.29, 0.717) is 16.9 Å². The van der Waals surface area contributed by atoms with E-state index in [1.54, 1.807) is 18.2 Å². The number of aliphatic hydroxyl groups is 1. The second kappa shape index (κ2) is 8.84. The van der Waals surface area contributed by atoms with Gasteiger partial charge in [0.1, 0.15) is 17.9 Å². The van der Waals surface area contributed by atoms with Gasteiger partial charge < -0.3 is 34.7 Å². The average Bonchev–Trinajstić information content (AvgIpc) is 3.02. The molecular weight excluding hydrogens is 417 g/mol. The molecule has 162 valence electrons. The van der Waals surface area contributed by atoms with Crippen molar-refractivity contribution in [2.45, 2.75) is 12.7 Å². The number of hydrogen-bond donors (Lipinski definition) is 4. The van der Waals surface area contributed by atoms with E-state index in [1.165, 1.54) is 11.7 Å². The van der Waals surface area contributed by atoms with Gasteiger partial charge >= 0.3 is 19.3 Å². The van der Waals surface area contributed by atoms with Crippen LogP contribution in [0.15, 0.2) is 23.0 Å². The Morgan fingerprint density at radius 1 is 1.23 bits per heavy atom. The number of benzene rings is 1. The van der Waals surface area contributed by atoms with Gasteiger partial charge in [-0.05, 0) is 23.3 Å². The van der Waals surface area contributed by atoms with Crippen LogP contribution in [0.1, 0.15) is 11.1 Å². The lowest BCUT2D eigenvalue weighted by Gasteiger charge is -2.12. The Kier molecular flexibility index (Phi) is 6.42. The fraction of sp³-hybridized carbons (Fsp3) is 0.353. The monoisotopic (exact) mass is 439 g/mol. The minimum Gasteiger partial charge on any atom is -0.497 e. The fourth-order valence-corrected chi connectivity index (χ4v) is 3.66. The maximum atomic E-state index is 12.5. The van der Waals surface area contributed by atoms with Crippen molar-refractivity contribution in [1.29, 1.82) is 0 Å². The molecule has 0 amide bonds. The first-order valence-corrected chi connectivity index (χ1v) is 10.6. The number of H-pyrrole nitrogens is 1. The summed E-state index contributed by atoms with van der Waals surface area (Å²) in [6.07, 6.45) is -0.218. The smallest absolute Gasteiger partial charge is 0.332 e. The number of fused-ring (bicyclic) bond motifs is 1. The number of aromatic amines is 1. The van der Waals surface area contributed by atoms with E-state index >= 15 is 0 Å². The third-order valence-electron chi connectivity index (χ3n) is 4.22. The zero-order chi connectivity index (χ0) is 21.9. The van der Waals surface area contributed by atoms with Crippen LogP contribution in [0.5, 0.6) is 11.8 Å². The number of rotatable bonds is 9. The number of aliphatic hydroxyl groups excluding tert-OH is 1. The van der Waals surface area contributed by atoms with Gasteiger partial charge in [-0.3, -0.25) is 9.13 Å². The molecule has 13 heteroatoms. The molecule has 1 aromatic carbocycles. The van der Waals surface area contributed by atoms with E-state index in [1.807, 2.05) is 0 Å². The van der Waals surface area contributed by atoms with E-state index in [0.717, 1.165) is 7.11 Å². The molecule has 1 unspecified atom stereocenters. The van der Waals surface area contributed by atoms with Crippen LogP contribution in [0.25, 0.3) is 11.2 Å². The molecule has 0 fully saturated rings. The highest BCUT2D eigenvalue weighted by molar-refractivity contribution is 7.51. The number of nitrogen functional groups attached to an aromatic ring is 1.